The van der Waals surface area contributed by atoms with Gasteiger partial charge in [0.15, 0.2) is 0 Å². The molecular weight excluding hydrogens is 280 g/mol. The number of hydrogen-bond donors (Lipinski definition) is 1. The van der Waals surface area contributed by atoms with Crippen molar-refractivity contribution in [3.8, 4) is 0 Å². The van der Waals surface area contributed by atoms with Crippen molar-refractivity contribution in [1.29, 1.82) is 0 Å². The smallest absolute Gasteiger partial charge is 0.214 e. The van der Waals surface area contributed by atoms with Crippen molar-refractivity contribution in [2.45, 2.75) is 32.7 Å². The normalized spacial score (nSPS) is 12.5. The molecule has 1 N–H and O–H groups in total. The van der Waals surface area contributed by atoms with Gasteiger partial charge in [0.05, 0.1) is 12.4 Å². The Morgan fingerprint density at radius 3 is 2.25 bits per heavy atom. The molecule has 0 heterocycles. The Labute approximate surface area is 123 Å². The summed E-state index contributed by atoms with van der Waals surface area (Å²) in [6.07, 6.45) is 1.32. The molecule has 20 heavy (non-hydrogen) atoms. The van der Waals surface area contributed by atoms with Crippen molar-refractivity contribution in [2.75, 3.05) is 52.8 Å². The zero-order valence-electron chi connectivity index (χ0n) is 13.2. The van der Waals surface area contributed by atoms with Gasteiger partial charge in [-0.2, -0.15) is 4.31 Å². The molecule has 0 bridgehead atoms. The van der Waals surface area contributed by atoms with Gasteiger partial charge in [-0.15, -0.1) is 0 Å². The van der Waals surface area contributed by atoms with Crippen LogP contribution in [0, 0.1) is 0 Å². The van der Waals surface area contributed by atoms with Gasteiger partial charge in [0.1, 0.15) is 0 Å². The summed E-state index contributed by atoms with van der Waals surface area (Å²) in [4.78, 5) is 0. The molecule has 0 aliphatic carbocycles. The molecule has 0 saturated carbocycles. The molecule has 0 spiro atoms. The molecular formula is C13H30N2O4S. The minimum Gasteiger partial charge on any atom is -0.385 e. The van der Waals surface area contributed by atoms with E-state index in [1.807, 2.05) is 13.8 Å². The second-order valence-corrected chi connectivity index (χ2v) is 7.11. The van der Waals surface area contributed by atoms with Crippen LogP contribution in [0.15, 0.2) is 0 Å². The van der Waals surface area contributed by atoms with E-state index in [-0.39, 0.29) is 5.75 Å². The maximum atomic E-state index is 12.3. The summed E-state index contributed by atoms with van der Waals surface area (Å²) in [6, 6.07) is 0.379. The fourth-order valence-electron chi connectivity index (χ4n) is 1.74. The summed E-state index contributed by atoms with van der Waals surface area (Å²) in [6.45, 7) is 6.67. The standard InChI is InChI=1S/C13H30N2O4S/c1-13(2)14-7-5-12-20(16,17)15(9-11-19-4)8-6-10-18-3/h13-14H,5-12H2,1-4H3. The average molecular weight is 310 g/mol. The lowest BCUT2D eigenvalue weighted by atomic mass is 10.4. The molecule has 0 amide bonds. The van der Waals surface area contributed by atoms with Crippen molar-refractivity contribution >= 4 is 10.0 Å². The van der Waals surface area contributed by atoms with Crippen LogP contribution in [-0.4, -0.2) is 71.6 Å². The molecule has 0 radical (unpaired) electrons. The van der Waals surface area contributed by atoms with Gasteiger partial charge in [-0.1, -0.05) is 13.8 Å². The SMILES string of the molecule is COCCCN(CCOC)S(=O)(=O)CCCNC(C)C. The zero-order chi connectivity index (χ0) is 15.4. The van der Waals surface area contributed by atoms with E-state index in [0.717, 1.165) is 0 Å². The highest BCUT2D eigenvalue weighted by molar-refractivity contribution is 7.89. The van der Waals surface area contributed by atoms with Crippen LogP contribution < -0.4 is 5.32 Å². The van der Waals surface area contributed by atoms with Gasteiger partial charge in [0.2, 0.25) is 10.0 Å². The van der Waals surface area contributed by atoms with Gasteiger partial charge in [-0.3, -0.25) is 0 Å². The monoisotopic (exact) mass is 310 g/mol. The highest BCUT2D eigenvalue weighted by atomic mass is 32.2. The Morgan fingerprint density at radius 1 is 1.05 bits per heavy atom. The van der Waals surface area contributed by atoms with Gasteiger partial charge in [0.25, 0.3) is 0 Å². The van der Waals surface area contributed by atoms with Crippen LogP contribution >= 0.6 is 0 Å². The van der Waals surface area contributed by atoms with E-state index >= 15 is 0 Å². The van der Waals surface area contributed by atoms with Crippen LogP contribution in [0.2, 0.25) is 0 Å². The molecule has 6 nitrogen and oxygen atoms in total. The first-order chi connectivity index (χ1) is 9.44. The lowest BCUT2D eigenvalue weighted by Crippen LogP contribution is -2.37. The summed E-state index contributed by atoms with van der Waals surface area (Å²) in [5.41, 5.74) is 0. The quantitative estimate of drug-likeness (QED) is 0.507. The fraction of sp³-hybridized carbons (Fsp3) is 1.00. The molecule has 122 valence electrons. The van der Waals surface area contributed by atoms with Crippen molar-refractivity contribution < 1.29 is 17.9 Å². The Kier molecular flexibility index (Phi) is 11.3. The highest BCUT2D eigenvalue weighted by Crippen LogP contribution is 2.05. The largest absolute Gasteiger partial charge is 0.385 e. The maximum Gasteiger partial charge on any atom is 0.214 e. The van der Waals surface area contributed by atoms with Gasteiger partial charge < -0.3 is 14.8 Å². The van der Waals surface area contributed by atoms with E-state index in [9.17, 15) is 8.42 Å². The summed E-state index contributed by atoms with van der Waals surface area (Å²) in [7, 11) is -0.0227. The second kappa shape index (κ2) is 11.4. The Balaban J connectivity index is 4.28. The lowest BCUT2D eigenvalue weighted by molar-refractivity contribution is 0.164. The third kappa shape index (κ3) is 9.66. The minimum atomic E-state index is -3.22. The molecule has 0 aromatic heterocycles. The van der Waals surface area contributed by atoms with E-state index < -0.39 is 10.0 Å². The first-order valence-electron chi connectivity index (χ1n) is 7.13. The second-order valence-electron chi connectivity index (χ2n) is 5.02. The molecule has 0 atom stereocenters. The van der Waals surface area contributed by atoms with Crippen LogP contribution in [0.1, 0.15) is 26.7 Å². The zero-order valence-corrected chi connectivity index (χ0v) is 14.0. The van der Waals surface area contributed by atoms with Gasteiger partial charge >= 0.3 is 0 Å². The van der Waals surface area contributed by atoms with Crippen LogP contribution in [-0.2, 0) is 19.5 Å². The first kappa shape index (κ1) is 19.8. The Hall–Kier alpha value is -0.210. The van der Waals surface area contributed by atoms with Crippen molar-refractivity contribution in [3.63, 3.8) is 0 Å². The fourth-order valence-corrected chi connectivity index (χ4v) is 3.27. The summed E-state index contributed by atoms with van der Waals surface area (Å²) >= 11 is 0. The average Bonchev–Trinajstić information content (AvgIpc) is 2.38. The number of rotatable bonds is 13. The first-order valence-corrected chi connectivity index (χ1v) is 8.74. The van der Waals surface area contributed by atoms with Crippen LogP contribution in [0.4, 0.5) is 0 Å². The Morgan fingerprint density at radius 2 is 1.70 bits per heavy atom. The summed E-state index contributed by atoms with van der Waals surface area (Å²) in [5.74, 6) is 0.170. The van der Waals surface area contributed by atoms with Crippen molar-refractivity contribution in [2.24, 2.45) is 0 Å². The van der Waals surface area contributed by atoms with E-state index in [1.54, 1.807) is 14.2 Å². The van der Waals surface area contributed by atoms with E-state index in [0.29, 0.717) is 51.7 Å². The molecule has 0 aliphatic rings. The molecule has 0 aliphatic heterocycles. The minimum absolute atomic E-state index is 0.170. The molecule has 0 fully saturated rings. The van der Waals surface area contributed by atoms with Gasteiger partial charge in [0, 0.05) is 40.0 Å². The topological polar surface area (TPSA) is 67.9 Å². The number of nitrogens with zero attached hydrogens (tertiary/aromatic N) is 1. The van der Waals surface area contributed by atoms with Crippen LogP contribution in [0.25, 0.3) is 0 Å². The number of nitrogens with one attached hydrogen (secondary N) is 1. The van der Waals surface area contributed by atoms with Crippen LogP contribution in [0.5, 0.6) is 0 Å². The number of ether oxygens (including phenoxy) is 2. The summed E-state index contributed by atoms with van der Waals surface area (Å²) < 4.78 is 36.0. The third-order valence-corrected chi connectivity index (χ3v) is 4.78. The van der Waals surface area contributed by atoms with Gasteiger partial charge in [-0.25, -0.2) is 8.42 Å². The van der Waals surface area contributed by atoms with E-state index in [1.165, 1.54) is 4.31 Å². The van der Waals surface area contributed by atoms with E-state index in [4.69, 9.17) is 9.47 Å². The lowest BCUT2D eigenvalue weighted by Gasteiger charge is -2.22. The number of hydrogen-bond acceptors (Lipinski definition) is 5. The molecule has 0 saturated heterocycles. The predicted molar refractivity (Wildman–Crippen MR) is 81.5 cm³/mol. The molecule has 0 rings (SSSR count). The number of sulfonamides is 1. The summed E-state index contributed by atoms with van der Waals surface area (Å²) in [5, 5.41) is 3.22. The predicted octanol–water partition coefficient (Wildman–Crippen LogP) is 0.689. The third-order valence-electron chi connectivity index (χ3n) is 2.83. The molecule has 0 unspecified atom stereocenters. The molecule has 7 heteroatoms. The van der Waals surface area contributed by atoms with Gasteiger partial charge in [-0.05, 0) is 19.4 Å². The van der Waals surface area contributed by atoms with Crippen molar-refractivity contribution in [3.05, 3.63) is 0 Å². The molecule has 0 aromatic rings. The maximum absolute atomic E-state index is 12.3. The van der Waals surface area contributed by atoms with E-state index in [2.05, 4.69) is 5.32 Å². The number of methoxy groups -OCH3 is 2. The van der Waals surface area contributed by atoms with Crippen molar-refractivity contribution in [1.82, 2.24) is 9.62 Å². The molecule has 0 aromatic carbocycles. The van der Waals surface area contributed by atoms with Crippen LogP contribution in [0.3, 0.4) is 0 Å². The Bertz CT molecular complexity index is 320. The highest BCUT2D eigenvalue weighted by Gasteiger charge is 2.20.